The quantitative estimate of drug-likeness (QED) is 0.801. The van der Waals surface area contributed by atoms with Crippen molar-refractivity contribution in [2.45, 2.75) is 6.42 Å². The third kappa shape index (κ3) is 2.97. The van der Waals surface area contributed by atoms with E-state index in [-0.39, 0.29) is 18.9 Å². The Morgan fingerprint density at radius 1 is 1.37 bits per heavy atom. The molecule has 7 heteroatoms. The summed E-state index contributed by atoms with van der Waals surface area (Å²) in [6.45, 7) is 0.197. The average Bonchev–Trinajstić information content (AvgIpc) is 2.65. The number of primary amides is 1. The van der Waals surface area contributed by atoms with Crippen molar-refractivity contribution >= 4 is 50.5 Å². The van der Waals surface area contributed by atoms with Crippen LogP contribution in [0.5, 0.6) is 0 Å². The zero-order valence-electron chi connectivity index (χ0n) is 9.90. The molecule has 0 spiro atoms. The molecule has 5 nitrogen and oxygen atoms in total. The van der Waals surface area contributed by atoms with E-state index >= 15 is 0 Å². The molecule has 0 atom stereocenters. The van der Waals surface area contributed by atoms with E-state index in [9.17, 15) is 9.59 Å². The first-order valence-corrected chi connectivity index (χ1v) is 6.72. The molecule has 19 heavy (non-hydrogen) atoms. The Morgan fingerprint density at radius 2 is 2.11 bits per heavy atom. The maximum Gasteiger partial charge on any atom is 0.263 e. The topological polar surface area (TPSA) is 98.2 Å². The van der Waals surface area contributed by atoms with Crippen LogP contribution in [0.3, 0.4) is 0 Å². The zero-order chi connectivity index (χ0) is 14.0. The highest BCUT2D eigenvalue weighted by molar-refractivity contribution is 7.21. The van der Waals surface area contributed by atoms with Crippen molar-refractivity contribution in [3.05, 3.63) is 28.1 Å². The lowest BCUT2D eigenvalue weighted by molar-refractivity contribution is -0.117. The molecular formula is C12H12ClN3O2S. The first kappa shape index (κ1) is 13.6. The molecule has 2 rings (SSSR count). The molecule has 0 aliphatic heterocycles. The highest BCUT2D eigenvalue weighted by Gasteiger charge is 2.16. The van der Waals surface area contributed by atoms with Gasteiger partial charge in [0.1, 0.15) is 4.88 Å². The van der Waals surface area contributed by atoms with Crippen LogP contribution in [0.2, 0.25) is 5.02 Å². The monoisotopic (exact) mass is 297 g/mol. The number of benzene rings is 1. The average molecular weight is 298 g/mol. The lowest BCUT2D eigenvalue weighted by Gasteiger charge is -2.02. The van der Waals surface area contributed by atoms with Crippen molar-refractivity contribution in [3.8, 4) is 0 Å². The molecule has 1 aromatic heterocycles. The van der Waals surface area contributed by atoms with Crippen molar-refractivity contribution in [1.29, 1.82) is 0 Å². The van der Waals surface area contributed by atoms with Gasteiger partial charge in [-0.1, -0.05) is 11.6 Å². The van der Waals surface area contributed by atoms with Gasteiger partial charge in [0.15, 0.2) is 0 Å². The highest BCUT2D eigenvalue weighted by atomic mass is 35.5. The van der Waals surface area contributed by atoms with Gasteiger partial charge in [-0.3, -0.25) is 9.59 Å². The van der Waals surface area contributed by atoms with Crippen LogP contribution in [-0.4, -0.2) is 18.4 Å². The van der Waals surface area contributed by atoms with Gasteiger partial charge >= 0.3 is 0 Å². The SMILES string of the molecule is NC(=O)CCNC(=O)c1sc2cc(Cl)ccc2c1N. The van der Waals surface area contributed by atoms with Crippen LogP contribution in [0, 0.1) is 0 Å². The van der Waals surface area contributed by atoms with Crippen LogP contribution in [-0.2, 0) is 4.79 Å². The third-order valence-electron chi connectivity index (χ3n) is 2.55. The Bertz CT molecular complexity index is 654. The number of hydrogen-bond donors (Lipinski definition) is 3. The summed E-state index contributed by atoms with van der Waals surface area (Å²) in [5.41, 5.74) is 11.4. The number of rotatable bonds is 4. The number of carbonyl (C=O) groups excluding carboxylic acids is 2. The van der Waals surface area contributed by atoms with E-state index in [4.69, 9.17) is 23.1 Å². The van der Waals surface area contributed by atoms with Gasteiger partial charge in [0.25, 0.3) is 5.91 Å². The van der Waals surface area contributed by atoms with Gasteiger partial charge in [-0.2, -0.15) is 0 Å². The molecule has 1 aromatic carbocycles. The maximum absolute atomic E-state index is 11.9. The molecule has 0 saturated carbocycles. The van der Waals surface area contributed by atoms with Crippen molar-refractivity contribution < 1.29 is 9.59 Å². The molecule has 0 bridgehead atoms. The largest absolute Gasteiger partial charge is 0.397 e. The minimum atomic E-state index is -0.462. The van der Waals surface area contributed by atoms with Gasteiger partial charge < -0.3 is 16.8 Å². The van der Waals surface area contributed by atoms with Gasteiger partial charge in [-0.15, -0.1) is 11.3 Å². The van der Waals surface area contributed by atoms with Gasteiger partial charge in [-0.25, -0.2) is 0 Å². The molecule has 0 fully saturated rings. The summed E-state index contributed by atoms with van der Waals surface area (Å²) in [6, 6.07) is 5.27. The number of hydrogen-bond acceptors (Lipinski definition) is 4. The predicted molar refractivity (Wildman–Crippen MR) is 77.4 cm³/mol. The maximum atomic E-state index is 11.9. The molecule has 0 radical (unpaired) electrons. The fourth-order valence-corrected chi connectivity index (χ4v) is 2.95. The summed E-state index contributed by atoms with van der Waals surface area (Å²) in [7, 11) is 0. The second-order valence-electron chi connectivity index (χ2n) is 3.96. The molecule has 0 aliphatic carbocycles. The van der Waals surface area contributed by atoms with Crippen molar-refractivity contribution in [1.82, 2.24) is 5.32 Å². The Balaban J connectivity index is 2.22. The molecule has 5 N–H and O–H groups in total. The standard InChI is InChI=1S/C12H12ClN3O2S/c13-6-1-2-7-8(5-6)19-11(10(7)15)12(18)16-4-3-9(14)17/h1-2,5H,3-4,15H2,(H2,14,17)(H,16,18). The van der Waals surface area contributed by atoms with E-state index in [0.717, 1.165) is 10.1 Å². The normalized spacial score (nSPS) is 10.6. The molecule has 1 heterocycles. The smallest absolute Gasteiger partial charge is 0.263 e. The molecule has 0 unspecified atom stereocenters. The number of nitrogens with one attached hydrogen (secondary N) is 1. The molecule has 0 aliphatic rings. The van der Waals surface area contributed by atoms with E-state index in [1.807, 2.05) is 0 Å². The van der Waals surface area contributed by atoms with Gasteiger partial charge in [-0.05, 0) is 18.2 Å². The number of halogens is 1. The van der Waals surface area contributed by atoms with Crippen LogP contribution in [0.15, 0.2) is 18.2 Å². The first-order chi connectivity index (χ1) is 8.99. The number of nitrogen functional groups attached to an aromatic ring is 1. The molecule has 100 valence electrons. The minimum absolute atomic E-state index is 0.0996. The van der Waals surface area contributed by atoms with Crippen molar-refractivity contribution in [3.63, 3.8) is 0 Å². The Labute approximate surface area is 118 Å². The Kier molecular flexibility index (Phi) is 3.92. The van der Waals surface area contributed by atoms with Crippen LogP contribution in [0.25, 0.3) is 10.1 Å². The summed E-state index contributed by atoms with van der Waals surface area (Å²) in [5, 5.41) is 4.00. The number of anilines is 1. The highest BCUT2D eigenvalue weighted by Crippen LogP contribution is 2.35. The predicted octanol–water partition coefficient (Wildman–Crippen LogP) is 1.74. The second-order valence-corrected chi connectivity index (χ2v) is 5.45. The Morgan fingerprint density at radius 3 is 2.79 bits per heavy atom. The van der Waals surface area contributed by atoms with Crippen LogP contribution >= 0.6 is 22.9 Å². The van der Waals surface area contributed by atoms with Crippen LogP contribution in [0.1, 0.15) is 16.1 Å². The summed E-state index contributed by atoms with van der Waals surface area (Å²) in [5.74, 6) is -0.771. The van der Waals surface area contributed by atoms with Crippen LogP contribution < -0.4 is 16.8 Å². The number of nitrogens with two attached hydrogens (primary N) is 2. The number of thiophene rings is 1. The molecular weight excluding hydrogens is 286 g/mol. The molecule has 0 saturated heterocycles. The van der Waals surface area contributed by atoms with E-state index in [1.165, 1.54) is 11.3 Å². The fourth-order valence-electron chi connectivity index (χ4n) is 1.64. The molecule has 2 amide bonds. The van der Waals surface area contributed by atoms with E-state index in [1.54, 1.807) is 18.2 Å². The van der Waals surface area contributed by atoms with Gasteiger partial charge in [0.05, 0.1) is 5.69 Å². The molecule has 2 aromatic rings. The van der Waals surface area contributed by atoms with Crippen LogP contribution in [0.4, 0.5) is 5.69 Å². The lowest BCUT2D eigenvalue weighted by Crippen LogP contribution is -2.27. The summed E-state index contributed by atoms with van der Waals surface area (Å²) < 4.78 is 0.852. The van der Waals surface area contributed by atoms with Crippen molar-refractivity contribution in [2.75, 3.05) is 12.3 Å². The minimum Gasteiger partial charge on any atom is -0.397 e. The summed E-state index contributed by atoms with van der Waals surface area (Å²) >= 11 is 7.16. The zero-order valence-corrected chi connectivity index (χ0v) is 11.5. The second kappa shape index (κ2) is 5.46. The van der Waals surface area contributed by atoms with Gasteiger partial charge in [0.2, 0.25) is 5.91 Å². The Hall–Kier alpha value is -1.79. The first-order valence-electron chi connectivity index (χ1n) is 5.53. The van der Waals surface area contributed by atoms with E-state index in [2.05, 4.69) is 5.32 Å². The van der Waals surface area contributed by atoms with Crippen molar-refractivity contribution in [2.24, 2.45) is 5.73 Å². The number of carbonyl (C=O) groups is 2. The summed E-state index contributed by atoms with van der Waals surface area (Å²) in [4.78, 5) is 23.0. The number of amides is 2. The van der Waals surface area contributed by atoms with E-state index in [0.29, 0.717) is 15.6 Å². The van der Waals surface area contributed by atoms with Gasteiger partial charge in [0, 0.05) is 28.1 Å². The number of fused-ring (bicyclic) bond motifs is 1. The summed E-state index contributed by atoms with van der Waals surface area (Å²) in [6.07, 6.45) is 0.0996. The lowest BCUT2D eigenvalue weighted by atomic mass is 10.2. The fraction of sp³-hybridized carbons (Fsp3) is 0.167. The third-order valence-corrected chi connectivity index (χ3v) is 3.96. The van der Waals surface area contributed by atoms with E-state index < -0.39 is 5.91 Å².